The van der Waals surface area contributed by atoms with Crippen LogP contribution >= 0.6 is 0 Å². The van der Waals surface area contributed by atoms with Gasteiger partial charge in [-0.3, -0.25) is 0 Å². The van der Waals surface area contributed by atoms with E-state index in [-0.39, 0.29) is 5.82 Å². The van der Waals surface area contributed by atoms with Crippen LogP contribution in [0.15, 0.2) is 42.9 Å². The first-order valence-corrected chi connectivity index (χ1v) is 10.6. The Morgan fingerprint density at radius 3 is 2.84 bits per heavy atom. The molecule has 4 heterocycles. The molecule has 3 fully saturated rings. The summed E-state index contributed by atoms with van der Waals surface area (Å²) in [7, 11) is 0. The SMILES string of the molecule is Fc1ccc(F)c([C@@]23C[C@@H]2CCN3c2ccn3ncc(-c4cn(C5CC5)nn4)c3n2)c1. The highest BCUT2D eigenvalue weighted by atomic mass is 19.1. The van der Waals surface area contributed by atoms with Crippen LogP contribution in [0, 0.1) is 17.6 Å². The molecule has 156 valence electrons. The molecule has 7 rings (SSSR count). The first-order chi connectivity index (χ1) is 15.1. The van der Waals surface area contributed by atoms with Crippen molar-refractivity contribution in [3.8, 4) is 11.3 Å². The van der Waals surface area contributed by atoms with E-state index in [2.05, 4.69) is 20.3 Å². The maximum Gasteiger partial charge on any atom is 0.166 e. The van der Waals surface area contributed by atoms with Gasteiger partial charge in [-0.05, 0) is 55.9 Å². The number of fused-ring (bicyclic) bond motifs is 2. The fourth-order valence-corrected chi connectivity index (χ4v) is 5.20. The monoisotopic (exact) mass is 419 g/mol. The molecule has 2 saturated carbocycles. The summed E-state index contributed by atoms with van der Waals surface area (Å²) < 4.78 is 32.3. The average molecular weight is 419 g/mol. The molecule has 1 saturated heterocycles. The lowest BCUT2D eigenvalue weighted by molar-refractivity contribution is 0.544. The van der Waals surface area contributed by atoms with Gasteiger partial charge in [0, 0.05) is 18.3 Å². The molecule has 0 radical (unpaired) electrons. The Labute approximate surface area is 176 Å². The molecule has 1 aliphatic heterocycles. The zero-order chi connectivity index (χ0) is 20.7. The molecule has 9 heteroatoms. The molecule has 0 bridgehead atoms. The van der Waals surface area contributed by atoms with Gasteiger partial charge in [0.15, 0.2) is 5.65 Å². The Balaban J connectivity index is 1.32. The van der Waals surface area contributed by atoms with Gasteiger partial charge in [0.05, 0.1) is 29.5 Å². The smallest absolute Gasteiger partial charge is 0.166 e. The molecule has 31 heavy (non-hydrogen) atoms. The number of hydrogen-bond donors (Lipinski definition) is 0. The fourth-order valence-electron chi connectivity index (χ4n) is 5.20. The number of aromatic nitrogens is 6. The lowest BCUT2D eigenvalue weighted by Crippen LogP contribution is -2.34. The largest absolute Gasteiger partial charge is 0.346 e. The van der Waals surface area contributed by atoms with E-state index < -0.39 is 11.4 Å². The minimum Gasteiger partial charge on any atom is -0.346 e. The van der Waals surface area contributed by atoms with Gasteiger partial charge in [0.25, 0.3) is 0 Å². The number of piperidine rings is 1. The molecular weight excluding hydrogens is 400 g/mol. The molecular formula is C22H19F2N7. The topological polar surface area (TPSA) is 64.1 Å². The number of halogens is 2. The van der Waals surface area contributed by atoms with Crippen LogP contribution < -0.4 is 4.90 Å². The highest BCUT2D eigenvalue weighted by Crippen LogP contribution is 2.63. The highest BCUT2D eigenvalue weighted by molar-refractivity contribution is 5.75. The first-order valence-electron chi connectivity index (χ1n) is 10.6. The Hall–Kier alpha value is -3.36. The summed E-state index contributed by atoms with van der Waals surface area (Å²) in [5, 5.41) is 13.0. The van der Waals surface area contributed by atoms with Crippen molar-refractivity contribution in [3.05, 3.63) is 60.1 Å². The van der Waals surface area contributed by atoms with Crippen molar-refractivity contribution in [1.82, 2.24) is 29.6 Å². The summed E-state index contributed by atoms with van der Waals surface area (Å²) >= 11 is 0. The van der Waals surface area contributed by atoms with Gasteiger partial charge < -0.3 is 4.90 Å². The van der Waals surface area contributed by atoms with E-state index in [0.717, 1.165) is 49.3 Å². The minimum atomic E-state index is -0.521. The van der Waals surface area contributed by atoms with Crippen molar-refractivity contribution in [2.75, 3.05) is 11.4 Å². The van der Waals surface area contributed by atoms with Crippen molar-refractivity contribution in [3.63, 3.8) is 0 Å². The standard InChI is InChI=1S/C22H19F2N7/c23-14-1-4-18(24)17(9-14)22-10-13(22)5-7-29(22)20-6-8-30-21(26-20)16(11-25-30)19-12-31(28-27-19)15-2-3-15/h1,4,6,8-9,11-13,15H,2-3,5,7,10H2/t13-,22+/m0/s1. The zero-order valence-corrected chi connectivity index (χ0v) is 16.6. The molecule has 1 aromatic carbocycles. The number of rotatable bonds is 4. The van der Waals surface area contributed by atoms with Gasteiger partial charge in [-0.25, -0.2) is 23.0 Å². The number of hydrogen-bond acceptors (Lipinski definition) is 5. The second-order valence-electron chi connectivity index (χ2n) is 8.82. The maximum atomic E-state index is 14.7. The van der Waals surface area contributed by atoms with Gasteiger partial charge in [-0.2, -0.15) is 5.10 Å². The summed E-state index contributed by atoms with van der Waals surface area (Å²) in [5.74, 6) is 0.277. The Bertz CT molecular complexity index is 1340. The third kappa shape index (κ3) is 2.43. The molecule has 4 aromatic rings. The van der Waals surface area contributed by atoms with Crippen LogP contribution in [0.25, 0.3) is 16.9 Å². The van der Waals surface area contributed by atoms with E-state index >= 15 is 0 Å². The quantitative estimate of drug-likeness (QED) is 0.504. The number of benzene rings is 1. The Kier molecular flexibility index (Phi) is 3.28. The van der Waals surface area contributed by atoms with Crippen LogP contribution in [0.2, 0.25) is 0 Å². The van der Waals surface area contributed by atoms with E-state index in [1.165, 1.54) is 18.2 Å². The Morgan fingerprint density at radius 2 is 2.00 bits per heavy atom. The van der Waals surface area contributed by atoms with E-state index in [9.17, 15) is 8.78 Å². The van der Waals surface area contributed by atoms with Gasteiger partial charge >= 0.3 is 0 Å². The predicted octanol–water partition coefficient (Wildman–Crippen LogP) is 3.73. The fraction of sp³-hybridized carbons (Fsp3) is 0.364. The maximum absolute atomic E-state index is 14.7. The van der Waals surface area contributed by atoms with E-state index in [1.807, 2.05) is 23.1 Å². The molecule has 7 nitrogen and oxygen atoms in total. The average Bonchev–Trinajstić information content (AvgIpc) is 3.60. The molecule has 0 unspecified atom stereocenters. The van der Waals surface area contributed by atoms with Crippen molar-refractivity contribution in [2.24, 2.45) is 5.92 Å². The van der Waals surface area contributed by atoms with Gasteiger partial charge in [-0.15, -0.1) is 5.10 Å². The predicted molar refractivity (Wildman–Crippen MR) is 108 cm³/mol. The molecule has 2 atom stereocenters. The second kappa shape index (κ2) is 5.87. The third-order valence-electron chi connectivity index (χ3n) is 6.99. The van der Waals surface area contributed by atoms with Crippen LogP contribution in [-0.4, -0.2) is 36.1 Å². The molecule has 0 amide bonds. The van der Waals surface area contributed by atoms with Gasteiger partial charge in [0.1, 0.15) is 23.1 Å². The molecule has 0 spiro atoms. The van der Waals surface area contributed by atoms with Crippen molar-refractivity contribution in [2.45, 2.75) is 37.3 Å². The van der Waals surface area contributed by atoms with Crippen LogP contribution in [0.3, 0.4) is 0 Å². The van der Waals surface area contributed by atoms with Crippen LogP contribution in [-0.2, 0) is 5.54 Å². The number of nitrogens with zero attached hydrogens (tertiary/aromatic N) is 7. The summed E-state index contributed by atoms with van der Waals surface area (Å²) in [6, 6.07) is 6.07. The van der Waals surface area contributed by atoms with Gasteiger partial charge in [0.2, 0.25) is 0 Å². The van der Waals surface area contributed by atoms with E-state index in [0.29, 0.717) is 23.2 Å². The first kappa shape index (κ1) is 17.3. The summed E-state index contributed by atoms with van der Waals surface area (Å²) in [4.78, 5) is 7.03. The van der Waals surface area contributed by atoms with Crippen molar-refractivity contribution < 1.29 is 8.78 Å². The summed E-state index contributed by atoms with van der Waals surface area (Å²) in [6.07, 6.45) is 9.56. The lowest BCUT2D eigenvalue weighted by atomic mass is 10.0. The zero-order valence-electron chi connectivity index (χ0n) is 16.6. The van der Waals surface area contributed by atoms with Crippen LogP contribution in [0.4, 0.5) is 14.6 Å². The van der Waals surface area contributed by atoms with Crippen LogP contribution in [0.1, 0.15) is 37.3 Å². The van der Waals surface area contributed by atoms with Crippen LogP contribution in [0.5, 0.6) is 0 Å². The third-order valence-corrected chi connectivity index (χ3v) is 6.99. The summed E-state index contributed by atoms with van der Waals surface area (Å²) in [5.41, 5.74) is 2.14. The molecule has 0 N–H and O–H groups in total. The minimum absolute atomic E-state index is 0.310. The summed E-state index contributed by atoms with van der Waals surface area (Å²) in [6.45, 7) is 0.755. The molecule has 3 aromatic heterocycles. The molecule has 2 aliphatic carbocycles. The highest BCUT2D eigenvalue weighted by Gasteiger charge is 2.64. The van der Waals surface area contributed by atoms with Crippen molar-refractivity contribution >= 4 is 11.5 Å². The second-order valence-corrected chi connectivity index (χ2v) is 8.82. The Morgan fingerprint density at radius 1 is 1.10 bits per heavy atom. The van der Waals surface area contributed by atoms with E-state index in [4.69, 9.17) is 4.98 Å². The van der Waals surface area contributed by atoms with Gasteiger partial charge in [-0.1, -0.05) is 5.21 Å². The van der Waals surface area contributed by atoms with Crippen molar-refractivity contribution in [1.29, 1.82) is 0 Å². The van der Waals surface area contributed by atoms with E-state index in [1.54, 1.807) is 10.7 Å². The normalized spacial score (nSPS) is 24.7. The lowest BCUT2D eigenvalue weighted by Gasteiger charge is -2.30. The molecule has 3 aliphatic rings. The number of anilines is 1.